The predicted molar refractivity (Wildman–Crippen MR) is 87.3 cm³/mol. The normalized spacial score (nSPS) is 11.7. The Balaban J connectivity index is 2.11. The van der Waals surface area contributed by atoms with Crippen LogP contribution in [0.4, 0.5) is 0 Å². The first-order valence-corrected chi connectivity index (χ1v) is 8.06. The maximum atomic E-state index is 5.38. The number of aromatic nitrogens is 1. The van der Waals surface area contributed by atoms with Crippen LogP contribution in [0.15, 0.2) is 11.2 Å². The lowest BCUT2D eigenvalue weighted by Gasteiger charge is -2.11. The molecule has 0 atom stereocenters. The summed E-state index contributed by atoms with van der Waals surface area (Å²) < 4.78 is 10.3. The molecule has 0 bridgehead atoms. The molecule has 0 aliphatic carbocycles. The number of nitrogens with zero attached hydrogens (tertiary/aromatic N) is 2. The maximum absolute atomic E-state index is 5.38. The van der Waals surface area contributed by atoms with Crippen molar-refractivity contribution in [3.05, 3.63) is 16.1 Å². The van der Waals surface area contributed by atoms with Crippen molar-refractivity contribution in [2.24, 2.45) is 4.99 Å². The number of methoxy groups -OCH3 is 1. The smallest absolute Gasteiger partial charge is 0.191 e. The van der Waals surface area contributed by atoms with E-state index in [-0.39, 0.29) is 0 Å². The third kappa shape index (κ3) is 7.99. The fourth-order valence-electron chi connectivity index (χ4n) is 1.62. The van der Waals surface area contributed by atoms with E-state index in [1.807, 2.05) is 6.20 Å². The number of thiazole rings is 1. The summed E-state index contributed by atoms with van der Waals surface area (Å²) in [6.07, 6.45) is 3.93. The van der Waals surface area contributed by atoms with Gasteiger partial charge in [0.25, 0.3) is 0 Å². The molecular formula is C14H26N4O2S. The molecule has 0 fully saturated rings. The standard InChI is InChI=1S/C14H26N4O2S/c1-4-12-11-18-13(21-12)5-6-16-14(15-2)17-7-8-20-10-9-19-3/h11H,4-10H2,1-3H3,(H2,15,16,17). The zero-order valence-corrected chi connectivity index (χ0v) is 14.0. The van der Waals surface area contributed by atoms with Crippen LogP contribution in [-0.2, 0) is 22.3 Å². The molecule has 0 spiro atoms. The Morgan fingerprint density at radius 1 is 1.29 bits per heavy atom. The van der Waals surface area contributed by atoms with Crippen LogP contribution in [0.1, 0.15) is 16.8 Å². The van der Waals surface area contributed by atoms with Crippen molar-refractivity contribution >= 4 is 17.3 Å². The average molecular weight is 314 g/mol. The van der Waals surface area contributed by atoms with Crippen molar-refractivity contribution in [1.82, 2.24) is 15.6 Å². The molecule has 0 unspecified atom stereocenters. The Hall–Kier alpha value is -1.18. The fraction of sp³-hybridized carbons (Fsp3) is 0.714. The number of hydrogen-bond donors (Lipinski definition) is 2. The van der Waals surface area contributed by atoms with Gasteiger partial charge >= 0.3 is 0 Å². The minimum absolute atomic E-state index is 0.619. The molecule has 0 aliphatic rings. The van der Waals surface area contributed by atoms with Crippen LogP contribution in [0.2, 0.25) is 0 Å². The highest BCUT2D eigenvalue weighted by Gasteiger charge is 2.01. The largest absolute Gasteiger partial charge is 0.382 e. The summed E-state index contributed by atoms with van der Waals surface area (Å²) in [4.78, 5) is 9.91. The Morgan fingerprint density at radius 2 is 2.10 bits per heavy atom. The molecule has 6 nitrogen and oxygen atoms in total. The van der Waals surface area contributed by atoms with Crippen molar-refractivity contribution in [2.75, 3.05) is 47.1 Å². The van der Waals surface area contributed by atoms with Crippen LogP contribution >= 0.6 is 11.3 Å². The van der Waals surface area contributed by atoms with E-state index in [0.717, 1.165) is 36.9 Å². The molecule has 2 N–H and O–H groups in total. The summed E-state index contributed by atoms with van der Waals surface area (Å²) in [5, 5.41) is 7.64. The molecule has 1 heterocycles. The summed E-state index contributed by atoms with van der Waals surface area (Å²) >= 11 is 1.78. The van der Waals surface area contributed by atoms with Crippen LogP contribution < -0.4 is 10.6 Å². The van der Waals surface area contributed by atoms with E-state index in [9.17, 15) is 0 Å². The topological polar surface area (TPSA) is 67.8 Å². The molecule has 0 amide bonds. The first-order valence-electron chi connectivity index (χ1n) is 7.25. The molecule has 0 aliphatic heterocycles. The van der Waals surface area contributed by atoms with Crippen molar-refractivity contribution in [2.45, 2.75) is 19.8 Å². The number of ether oxygens (including phenoxy) is 2. The summed E-state index contributed by atoms with van der Waals surface area (Å²) in [5.74, 6) is 0.789. The van der Waals surface area contributed by atoms with E-state index < -0.39 is 0 Å². The van der Waals surface area contributed by atoms with Gasteiger partial charge < -0.3 is 20.1 Å². The number of rotatable bonds is 10. The monoisotopic (exact) mass is 314 g/mol. The van der Waals surface area contributed by atoms with Gasteiger partial charge in [-0.3, -0.25) is 4.99 Å². The summed E-state index contributed by atoms with van der Waals surface area (Å²) in [7, 11) is 3.43. The lowest BCUT2D eigenvalue weighted by atomic mass is 10.4. The highest BCUT2D eigenvalue weighted by atomic mass is 32.1. The Labute approximate surface area is 131 Å². The predicted octanol–water partition coefficient (Wildman–Crippen LogP) is 1.08. The Morgan fingerprint density at radius 3 is 2.76 bits per heavy atom. The van der Waals surface area contributed by atoms with Gasteiger partial charge in [-0.2, -0.15) is 0 Å². The number of aryl methyl sites for hydroxylation is 1. The van der Waals surface area contributed by atoms with E-state index >= 15 is 0 Å². The van der Waals surface area contributed by atoms with Crippen LogP contribution in [0, 0.1) is 0 Å². The number of hydrogen-bond acceptors (Lipinski definition) is 5. The molecule has 1 aromatic heterocycles. The zero-order valence-electron chi connectivity index (χ0n) is 13.1. The molecule has 1 aromatic rings. The van der Waals surface area contributed by atoms with Crippen molar-refractivity contribution < 1.29 is 9.47 Å². The highest BCUT2D eigenvalue weighted by molar-refractivity contribution is 7.11. The third-order valence-corrected chi connectivity index (χ3v) is 3.98. The summed E-state index contributed by atoms with van der Waals surface area (Å²) in [5.41, 5.74) is 0. The van der Waals surface area contributed by atoms with Crippen LogP contribution in [0.25, 0.3) is 0 Å². The van der Waals surface area contributed by atoms with E-state index in [1.165, 1.54) is 4.88 Å². The van der Waals surface area contributed by atoms with E-state index in [4.69, 9.17) is 9.47 Å². The second-order valence-corrected chi connectivity index (χ2v) is 5.55. The first-order chi connectivity index (χ1) is 10.3. The fourth-order valence-corrected chi connectivity index (χ4v) is 2.48. The first kappa shape index (κ1) is 17.9. The van der Waals surface area contributed by atoms with E-state index in [0.29, 0.717) is 19.8 Å². The van der Waals surface area contributed by atoms with Gasteiger partial charge in [0.05, 0.1) is 24.8 Å². The van der Waals surface area contributed by atoms with Gasteiger partial charge in [-0.25, -0.2) is 4.98 Å². The SMILES string of the molecule is CCc1cnc(CCNC(=NC)NCCOCCOC)s1. The molecule has 0 saturated heterocycles. The number of guanidine groups is 1. The van der Waals surface area contributed by atoms with Gasteiger partial charge in [0.2, 0.25) is 0 Å². The molecule has 0 radical (unpaired) electrons. The van der Waals surface area contributed by atoms with Crippen molar-refractivity contribution in [1.29, 1.82) is 0 Å². The molecule has 1 rings (SSSR count). The van der Waals surface area contributed by atoms with Gasteiger partial charge in [0.1, 0.15) is 0 Å². The summed E-state index contributed by atoms with van der Waals surface area (Å²) in [6.45, 7) is 5.57. The lowest BCUT2D eigenvalue weighted by Crippen LogP contribution is -2.39. The molecule has 7 heteroatoms. The molecule has 120 valence electrons. The highest BCUT2D eigenvalue weighted by Crippen LogP contribution is 2.13. The molecule has 0 aromatic carbocycles. The van der Waals surface area contributed by atoms with Gasteiger partial charge in [-0.15, -0.1) is 11.3 Å². The quantitative estimate of drug-likeness (QED) is 0.384. The summed E-state index contributed by atoms with van der Waals surface area (Å²) in [6, 6.07) is 0. The maximum Gasteiger partial charge on any atom is 0.191 e. The van der Waals surface area contributed by atoms with Crippen LogP contribution in [0.5, 0.6) is 0 Å². The zero-order chi connectivity index (χ0) is 15.3. The van der Waals surface area contributed by atoms with E-state index in [1.54, 1.807) is 25.5 Å². The second kappa shape index (κ2) is 11.5. The van der Waals surface area contributed by atoms with Crippen LogP contribution in [-0.4, -0.2) is 58.0 Å². The second-order valence-electron chi connectivity index (χ2n) is 4.35. The van der Waals surface area contributed by atoms with Gasteiger partial charge in [-0.1, -0.05) is 6.92 Å². The van der Waals surface area contributed by atoms with Crippen molar-refractivity contribution in [3.63, 3.8) is 0 Å². The van der Waals surface area contributed by atoms with E-state index in [2.05, 4.69) is 27.5 Å². The van der Waals surface area contributed by atoms with Gasteiger partial charge in [-0.05, 0) is 6.42 Å². The molecule has 0 saturated carbocycles. The van der Waals surface area contributed by atoms with Gasteiger partial charge in [0, 0.05) is 44.7 Å². The average Bonchev–Trinajstić information content (AvgIpc) is 2.97. The number of nitrogens with one attached hydrogen (secondary N) is 2. The number of aliphatic imine (C=N–C) groups is 1. The lowest BCUT2D eigenvalue weighted by molar-refractivity contribution is 0.0733. The molecule has 21 heavy (non-hydrogen) atoms. The van der Waals surface area contributed by atoms with Gasteiger partial charge in [0.15, 0.2) is 5.96 Å². The molecular weight excluding hydrogens is 288 g/mol. The third-order valence-electron chi connectivity index (χ3n) is 2.78. The van der Waals surface area contributed by atoms with Crippen molar-refractivity contribution in [3.8, 4) is 0 Å². The van der Waals surface area contributed by atoms with Crippen LogP contribution in [0.3, 0.4) is 0 Å². The Bertz CT molecular complexity index is 409. The Kier molecular flexibility index (Phi) is 9.77. The minimum atomic E-state index is 0.619. The minimum Gasteiger partial charge on any atom is -0.382 e.